The smallest absolute Gasteiger partial charge is 0.178 e. The van der Waals surface area contributed by atoms with Crippen LogP contribution in [0.15, 0.2) is 73.1 Å². The van der Waals surface area contributed by atoms with Crippen molar-refractivity contribution in [2.24, 2.45) is 0 Å². The topological polar surface area (TPSA) is 7.76 Å². The first kappa shape index (κ1) is 26.7. The summed E-state index contributed by atoms with van der Waals surface area (Å²) < 4.78 is 4.66. The summed E-state index contributed by atoms with van der Waals surface area (Å²) in [5, 5.41) is 0. The van der Waals surface area contributed by atoms with Crippen LogP contribution < -0.4 is 43.1 Å². The Kier molecular flexibility index (Phi) is 15.9. The third-order valence-corrected chi connectivity index (χ3v) is 4.76. The maximum Gasteiger partial charge on any atom is 0.178 e. The van der Waals surface area contributed by atoms with Gasteiger partial charge in [0.2, 0.25) is 0 Å². The van der Waals surface area contributed by atoms with Crippen molar-refractivity contribution in [1.29, 1.82) is 0 Å². The first-order valence-electron chi connectivity index (χ1n) is 9.99. The van der Waals surface area contributed by atoms with E-state index in [4.69, 9.17) is 0 Å². The molecular formula is C24H34Br2N2. The third-order valence-electron chi connectivity index (χ3n) is 4.76. The lowest BCUT2D eigenvalue weighted by Gasteiger charge is -1.99. The second-order valence-electron chi connectivity index (χ2n) is 6.92. The summed E-state index contributed by atoms with van der Waals surface area (Å²) in [5.41, 5.74) is 2.68. The zero-order valence-corrected chi connectivity index (χ0v) is 20.4. The van der Waals surface area contributed by atoms with Crippen LogP contribution in [-0.2, 0) is 13.1 Å². The minimum absolute atomic E-state index is 0. The Morgan fingerprint density at radius 2 is 1.07 bits per heavy atom. The van der Waals surface area contributed by atoms with E-state index in [1.807, 2.05) is 0 Å². The van der Waals surface area contributed by atoms with Gasteiger partial charge in [0, 0.05) is 51.0 Å². The van der Waals surface area contributed by atoms with Gasteiger partial charge in [0.05, 0.1) is 0 Å². The number of allylic oxidation sites excluding steroid dienone is 4. The van der Waals surface area contributed by atoms with E-state index in [2.05, 4.69) is 96.1 Å². The van der Waals surface area contributed by atoms with Crippen molar-refractivity contribution >= 4 is 0 Å². The van der Waals surface area contributed by atoms with E-state index in [1.54, 1.807) is 0 Å². The summed E-state index contributed by atoms with van der Waals surface area (Å²) in [6, 6.07) is 12.8. The predicted molar refractivity (Wildman–Crippen MR) is 109 cm³/mol. The van der Waals surface area contributed by atoms with Crippen LogP contribution in [0.25, 0.3) is 0 Å². The molecule has 2 rings (SSSR count). The van der Waals surface area contributed by atoms with E-state index in [1.165, 1.54) is 49.9 Å². The van der Waals surface area contributed by atoms with Crippen molar-refractivity contribution in [2.45, 2.75) is 65.5 Å². The highest BCUT2D eigenvalue weighted by Crippen LogP contribution is 2.00. The van der Waals surface area contributed by atoms with Crippen LogP contribution in [0.3, 0.4) is 0 Å². The molecule has 2 heterocycles. The summed E-state index contributed by atoms with van der Waals surface area (Å²) in [5.74, 6) is 0. The quantitative estimate of drug-likeness (QED) is 0.209. The fourth-order valence-corrected chi connectivity index (χ4v) is 3.06. The van der Waals surface area contributed by atoms with Crippen LogP contribution in [0.5, 0.6) is 0 Å². The van der Waals surface area contributed by atoms with Crippen LogP contribution in [0.4, 0.5) is 0 Å². The largest absolute Gasteiger partial charge is 1.00 e. The second-order valence-corrected chi connectivity index (χ2v) is 6.92. The average molecular weight is 510 g/mol. The highest BCUT2D eigenvalue weighted by atomic mass is 79.9. The fourth-order valence-electron chi connectivity index (χ4n) is 3.06. The lowest BCUT2D eigenvalue weighted by Crippen LogP contribution is -3.00. The Morgan fingerprint density at radius 1 is 0.643 bits per heavy atom. The van der Waals surface area contributed by atoms with Crippen molar-refractivity contribution in [3.05, 3.63) is 84.5 Å². The number of unbranched alkanes of at least 4 members (excludes halogenated alkanes) is 4. The van der Waals surface area contributed by atoms with Crippen LogP contribution in [0.2, 0.25) is 0 Å². The van der Waals surface area contributed by atoms with E-state index in [9.17, 15) is 0 Å². The highest BCUT2D eigenvalue weighted by molar-refractivity contribution is 5.02. The molecule has 0 aromatic carbocycles. The molecular weight excluding hydrogens is 476 g/mol. The fraction of sp³-hybridized carbons (Fsp3) is 0.417. The van der Waals surface area contributed by atoms with E-state index in [0.717, 1.165) is 13.1 Å². The molecule has 0 saturated heterocycles. The van der Waals surface area contributed by atoms with Gasteiger partial charge in [-0.2, -0.15) is 0 Å². The van der Waals surface area contributed by atoms with Gasteiger partial charge in [0.25, 0.3) is 0 Å². The standard InChI is InChI=1S/C24H34N2.2BrH/c1-23-17-11-15-21-25(23)19-13-9-7-5-3-4-6-8-10-14-20-26-22-16-12-18-24(26)2;;/h3-6,11-12,15-18,21-22H,7-10,13-14,19-20H2,1-2H3;2*1H/q+2;;/p-2/b5-3-,6-4-;;. The molecule has 2 nitrogen and oxygen atoms in total. The maximum absolute atomic E-state index is 2.33. The zero-order chi connectivity index (χ0) is 18.5. The lowest BCUT2D eigenvalue weighted by atomic mass is 10.2. The molecule has 0 radical (unpaired) electrons. The summed E-state index contributed by atoms with van der Waals surface area (Å²) >= 11 is 0. The lowest BCUT2D eigenvalue weighted by molar-refractivity contribution is -0.703. The van der Waals surface area contributed by atoms with Crippen LogP contribution in [0, 0.1) is 13.8 Å². The van der Waals surface area contributed by atoms with Crippen molar-refractivity contribution < 1.29 is 43.1 Å². The molecule has 0 spiro atoms. The Labute approximate surface area is 192 Å². The normalized spacial score (nSPS) is 10.8. The average Bonchev–Trinajstić information content (AvgIpc) is 2.65. The number of aryl methyl sites for hydroxylation is 4. The van der Waals surface area contributed by atoms with Gasteiger partial charge in [-0.25, -0.2) is 9.13 Å². The first-order valence-corrected chi connectivity index (χ1v) is 9.99. The second kappa shape index (κ2) is 16.7. The van der Waals surface area contributed by atoms with Crippen molar-refractivity contribution in [1.82, 2.24) is 0 Å². The molecule has 0 bridgehead atoms. The Morgan fingerprint density at radius 3 is 1.46 bits per heavy atom. The monoisotopic (exact) mass is 508 g/mol. The van der Waals surface area contributed by atoms with Gasteiger partial charge in [-0.1, -0.05) is 36.4 Å². The van der Waals surface area contributed by atoms with Crippen molar-refractivity contribution in [3.8, 4) is 0 Å². The Bertz CT molecular complexity index is 650. The number of nitrogens with zero attached hydrogens (tertiary/aromatic N) is 2. The molecule has 0 amide bonds. The SMILES string of the molecule is Cc1cccc[n+]1CCCC/C=C\C=C/CCCC[n+]1ccccc1C.[Br-].[Br-]. The van der Waals surface area contributed by atoms with E-state index < -0.39 is 0 Å². The molecule has 0 aliphatic rings. The Hall–Kier alpha value is -1.26. The maximum atomic E-state index is 2.33. The number of rotatable bonds is 11. The van der Waals surface area contributed by atoms with Gasteiger partial charge in [0.15, 0.2) is 23.8 Å². The number of hydrogen-bond acceptors (Lipinski definition) is 0. The van der Waals surface area contributed by atoms with Crippen molar-refractivity contribution in [3.63, 3.8) is 0 Å². The molecule has 2 aromatic heterocycles. The molecule has 2 aromatic rings. The minimum atomic E-state index is 0. The minimum Gasteiger partial charge on any atom is -1.00 e. The van der Waals surface area contributed by atoms with E-state index in [-0.39, 0.29) is 34.0 Å². The number of halogens is 2. The first-order chi connectivity index (χ1) is 12.8. The number of hydrogen-bond donors (Lipinski definition) is 0. The summed E-state index contributed by atoms with van der Waals surface area (Å²) in [7, 11) is 0. The molecule has 0 N–H and O–H groups in total. The molecule has 0 aliphatic heterocycles. The van der Waals surface area contributed by atoms with Gasteiger partial charge < -0.3 is 34.0 Å². The molecule has 4 heteroatoms. The molecule has 0 atom stereocenters. The molecule has 28 heavy (non-hydrogen) atoms. The summed E-state index contributed by atoms with van der Waals surface area (Å²) in [6.07, 6.45) is 20.6. The number of aromatic nitrogens is 2. The van der Waals surface area contributed by atoms with Gasteiger partial charge in [-0.05, 0) is 25.7 Å². The molecule has 154 valence electrons. The highest BCUT2D eigenvalue weighted by Gasteiger charge is 2.03. The molecule has 0 saturated carbocycles. The molecule has 0 fully saturated rings. The van der Waals surface area contributed by atoms with E-state index in [0.29, 0.717) is 0 Å². The number of pyridine rings is 2. The predicted octanol–water partition coefficient (Wildman–Crippen LogP) is -0.960. The zero-order valence-electron chi connectivity index (χ0n) is 17.2. The third kappa shape index (κ3) is 10.9. The van der Waals surface area contributed by atoms with Gasteiger partial charge in [-0.15, -0.1) is 0 Å². The van der Waals surface area contributed by atoms with Gasteiger partial charge in [0.1, 0.15) is 13.1 Å². The summed E-state index contributed by atoms with van der Waals surface area (Å²) in [6.45, 7) is 6.58. The van der Waals surface area contributed by atoms with Crippen LogP contribution in [-0.4, -0.2) is 0 Å². The molecule has 0 aliphatic carbocycles. The van der Waals surface area contributed by atoms with Crippen LogP contribution >= 0.6 is 0 Å². The van der Waals surface area contributed by atoms with Gasteiger partial charge in [-0.3, -0.25) is 0 Å². The van der Waals surface area contributed by atoms with Crippen molar-refractivity contribution in [2.75, 3.05) is 0 Å². The Balaban J connectivity index is 0.00000364. The summed E-state index contributed by atoms with van der Waals surface area (Å²) in [4.78, 5) is 0. The van der Waals surface area contributed by atoms with Gasteiger partial charge >= 0.3 is 0 Å². The molecule has 0 unspecified atom stereocenters. The van der Waals surface area contributed by atoms with E-state index >= 15 is 0 Å². The van der Waals surface area contributed by atoms with Crippen LogP contribution in [0.1, 0.15) is 49.9 Å².